The van der Waals surface area contributed by atoms with Crippen molar-refractivity contribution < 1.29 is 0 Å². The summed E-state index contributed by atoms with van der Waals surface area (Å²) >= 11 is 1.80. The number of nitrogens with zero attached hydrogens (tertiary/aromatic N) is 5. The summed E-state index contributed by atoms with van der Waals surface area (Å²) in [5, 5.41) is 7.42. The Hall–Kier alpha value is -8.19. The average molecular weight is 822 g/mol. The lowest BCUT2D eigenvalue weighted by Crippen LogP contribution is -1.99. The molecule has 0 fully saturated rings. The Kier molecular flexibility index (Phi) is 8.01. The van der Waals surface area contributed by atoms with Crippen LogP contribution in [0.1, 0.15) is 0 Å². The molecule has 5 nitrogen and oxygen atoms in total. The van der Waals surface area contributed by atoms with Crippen molar-refractivity contribution in [2.45, 2.75) is 0 Å². The van der Waals surface area contributed by atoms with Gasteiger partial charge in [-0.1, -0.05) is 140 Å². The summed E-state index contributed by atoms with van der Waals surface area (Å²) in [4.78, 5) is 14.9. The molecular formula is C57H35N5S. The van der Waals surface area contributed by atoms with Gasteiger partial charge in [-0.3, -0.25) is 0 Å². The Morgan fingerprint density at radius 3 is 1.33 bits per heavy atom. The van der Waals surface area contributed by atoms with E-state index in [0.717, 1.165) is 22.4 Å². The van der Waals surface area contributed by atoms with Gasteiger partial charge in [0.15, 0.2) is 17.5 Å². The van der Waals surface area contributed by atoms with Crippen molar-refractivity contribution in [3.05, 3.63) is 212 Å². The van der Waals surface area contributed by atoms with Crippen LogP contribution in [0.2, 0.25) is 0 Å². The second-order valence-corrected chi connectivity index (χ2v) is 17.1. The Labute approximate surface area is 366 Å². The molecule has 294 valence electrons. The summed E-state index contributed by atoms with van der Waals surface area (Å²) in [6.45, 7) is 0. The molecule has 13 aromatic rings. The number of hydrogen-bond acceptors (Lipinski definition) is 4. The molecule has 0 aliphatic heterocycles. The molecule has 4 heterocycles. The maximum atomic E-state index is 5.01. The SMILES string of the molecule is c1ccc(-c2nc(-c3ccccc3)nc(-c3ccc4c(c3)sc3ccc(-n5c6ccccc6c6cc(-c7ccc8c(c7)c7ccccc7n8-c7ccccc7)ccc65)cc34)n2)cc1. The van der Waals surface area contributed by atoms with Crippen LogP contribution in [-0.2, 0) is 0 Å². The van der Waals surface area contributed by atoms with E-state index in [-0.39, 0.29) is 0 Å². The first kappa shape index (κ1) is 35.6. The highest BCUT2D eigenvalue weighted by Gasteiger charge is 2.18. The molecule has 0 saturated heterocycles. The van der Waals surface area contributed by atoms with Gasteiger partial charge in [0, 0.05) is 69.8 Å². The number of thiophene rings is 1. The summed E-state index contributed by atoms with van der Waals surface area (Å²) in [6, 6.07) is 75.8. The number of rotatable bonds is 6. The molecule has 13 rings (SSSR count). The highest BCUT2D eigenvalue weighted by molar-refractivity contribution is 7.25. The van der Waals surface area contributed by atoms with E-state index in [1.807, 2.05) is 60.7 Å². The summed E-state index contributed by atoms with van der Waals surface area (Å²) in [6.07, 6.45) is 0. The second kappa shape index (κ2) is 14.2. The van der Waals surface area contributed by atoms with Crippen LogP contribution >= 0.6 is 11.3 Å². The average Bonchev–Trinajstić information content (AvgIpc) is 4.01. The molecule has 9 aromatic carbocycles. The molecule has 0 spiro atoms. The predicted octanol–water partition coefficient (Wildman–Crippen LogP) is 15.1. The molecule has 63 heavy (non-hydrogen) atoms. The molecule has 0 aliphatic rings. The number of fused-ring (bicyclic) bond motifs is 9. The van der Waals surface area contributed by atoms with Crippen LogP contribution in [0.5, 0.6) is 0 Å². The molecule has 6 heteroatoms. The molecule has 0 saturated carbocycles. The molecule has 0 N–H and O–H groups in total. The summed E-state index contributed by atoms with van der Waals surface area (Å²) in [5.74, 6) is 1.98. The van der Waals surface area contributed by atoms with Gasteiger partial charge in [-0.2, -0.15) is 0 Å². The zero-order chi connectivity index (χ0) is 41.4. The molecule has 0 radical (unpaired) electrons. The minimum atomic E-state index is 0.659. The van der Waals surface area contributed by atoms with Crippen LogP contribution < -0.4 is 0 Å². The third-order valence-corrected chi connectivity index (χ3v) is 13.5. The van der Waals surface area contributed by atoms with Gasteiger partial charge in [-0.05, 0) is 83.9 Å². The Balaban J connectivity index is 0.913. The predicted molar refractivity (Wildman–Crippen MR) is 263 cm³/mol. The van der Waals surface area contributed by atoms with Gasteiger partial charge < -0.3 is 9.13 Å². The van der Waals surface area contributed by atoms with E-state index < -0.39 is 0 Å². The lowest BCUT2D eigenvalue weighted by atomic mass is 10.0. The van der Waals surface area contributed by atoms with E-state index in [9.17, 15) is 0 Å². The van der Waals surface area contributed by atoms with Crippen molar-refractivity contribution in [1.29, 1.82) is 0 Å². The van der Waals surface area contributed by atoms with Crippen LogP contribution in [0, 0.1) is 0 Å². The fourth-order valence-corrected chi connectivity index (χ4v) is 10.5. The van der Waals surface area contributed by atoms with Crippen LogP contribution in [-0.4, -0.2) is 24.1 Å². The lowest BCUT2D eigenvalue weighted by molar-refractivity contribution is 1.07. The summed E-state index contributed by atoms with van der Waals surface area (Å²) < 4.78 is 7.22. The Bertz CT molecular complexity index is 3850. The quantitative estimate of drug-likeness (QED) is 0.168. The van der Waals surface area contributed by atoms with E-state index in [0.29, 0.717) is 17.5 Å². The van der Waals surface area contributed by atoms with Crippen molar-refractivity contribution >= 4 is 75.1 Å². The van der Waals surface area contributed by atoms with Crippen molar-refractivity contribution in [2.24, 2.45) is 0 Å². The van der Waals surface area contributed by atoms with E-state index >= 15 is 0 Å². The Morgan fingerprint density at radius 1 is 0.270 bits per heavy atom. The van der Waals surface area contributed by atoms with Gasteiger partial charge in [0.05, 0.1) is 22.1 Å². The maximum absolute atomic E-state index is 5.01. The van der Waals surface area contributed by atoms with Crippen LogP contribution in [0.25, 0.3) is 120 Å². The monoisotopic (exact) mass is 821 g/mol. The highest BCUT2D eigenvalue weighted by Crippen LogP contribution is 2.41. The van der Waals surface area contributed by atoms with Crippen molar-refractivity contribution in [2.75, 3.05) is 0 Å². The van der Waals surface area contributed by atoms with E-state index in [1.165, 1.54) is 80.6 Å². The van der Waals surface area contributed by atoms with Crippen molar-refractivity contribution in [3.63, 3.8) is 0 Å². The van der Waals surface area contributed by atoms with E-state index in [1.54, 1.807) is 11.3 Å². The van der Waals surface area contributed by atoms with Crippen LogP contribution in [0.4, 0.5) is 0 Å². The van der Waals surface area contributed by atoms with Crippen LogP contribution in [0.3, 0.4) is 0 Å². The summed E-state index contributed by atoms with van der Waals surface area (Å²) in [7, 11) is 0. The number of para-hydroxylation sites is 3. The van der Waals surface area contributed by atoms with Crippen molar-refractivity contribution in [1.82, 2.24) is 24.1 Å². The highest BCUT2D eigenvalue weighted by atomic mass is 32.1. The first-order valence-corrected chi connectivity index (χ1v) is 22.0. The number of hydrogen-bond donors (Lipinski definition) is 0. The van der Waals surface area contributed by atoms with Gasteiger partial charge in [-0.25, -0.2) is 15.0 Å². The molecular weight excluding hydrogens is 787 g/mol. The molecule has 0 aliphatic carbocycles. The normalized spacial score (nSPS) is 11.8. The van der Waals surface area contributed by atoms with Crippen molar-refractivity contribution in [3.8, 4) is 56.7 Å². The lowest BCUT2D eigenvalue weighted by Gasteiger charge is -2.10. The topological polar surface area (TPSA) is 48.5 Å². The third-order valence-electron chi connectivity index (χ3n) is 12.4. The van der Waals surface area contributed by atoms with E-state index in [2.05, 4.69) is 161 Å². The maximum Gasteiger partial charge on any atom is 0.164 e. The van der Waals surface area contributed by atoms with Gasteiger partial charge in [0.25, 0.3) is 0 Å². The van der Waals surface area contributed by atoms with Gasteiger partial charge in [0.1, 0.15) is 0 Å². The van der Waals surface area contributed by atoms with Gasteiger partial charge >= 0.3 is 0 Å². The summed E-state index contributed by atoms with van der Waals surface area (Å²) in [5.41, 5.74) is 12.4. The van der Waals surface area contributed by atoms with Gasteiger partial charge in [0.2, 0.25) is 0 Å². The number of aromatic nitrogens is 5. The minimum absolute atomic E-state index is 0.659. The second-order valence-electron chi connectivity index (χ2n) is 16.0. The van der Waals surface area contributed by atoms with Gasteiger partial charge in [-0.15, -0.1) is 11.3 Å². The first-order valence-electron chi connectivity index (χ1n) is 21.2. The molecule has 0 amide bonds. The largest absolute Gasteiger partial charge is 0.309 e. The Morgan fingerprint density at radius 2 is 0.746 bits per heavy atom. The minimum Gasteiger partial charge on any atom is -0.309 e. The zero-order valence-electron chi connectivity index (χ0n) is 33.9. The third kappa shape index (κ3) is 5.80. The zero-order valence-corrected chi connectivity index (χ0v) is 34.7. The fraction of sp³-hybridized carbons (Fsp3) is 0. The van der Waals surface area contributed by atoms with Crippen LogP contribution in [0.15, 0.2) is 212 Å². The standard InChI is InChI=1S/C57H35N5S/c1-4-14-36(15-5-1)55-58-56(37-16-6-2-7-17-37)60-57(59-55)40-24-28-45-48-35-42(27-31-53(48)63-54(45)34-40)62-50-23-13-11-21-44(50)47-33-39(26-30-52(47)62)38-25-29-51-46(32-38)43-20-10-12-22-49(43)61(51)41-18-8-3-9-19-41/h1-35H. The molecule has 0 atom stereocenters. The molecule has 4 aromatic heterocycles. The smallest absolute Gasteiger partial charge is 0.164 e. The first-order chi connectivity index (χ1) is 31.2. The van der Waals surface area contributed by atoms with E-state index in [4.69, 9.17) is 15.0 Å². The number of benzene rings is 9. The molecule has 0 unspecified atom stereocenters. The fourth-order valence-electron chi connectivity index (χ4n) is 9.42. The molecule has 0 bridgehead atoms.